The molecule has 1 saturated heterocycles. The molecule has 2 unspecified atom stereocenters. The molecule has 3 N–H and O–H groups in total. The molecule has 0 aromatic carbocycles. The first-order chi connectivity index (χ1) is 7.15. The van der Waals surface area contributed by atoms with Crippen LogP contribution in [0.1, 0.15) is 33.1 Å². The predicted molar refractivity (Wildman–Crippen MR) is 59.5 cm³/mol. The molecule has 1 aliphatic rings. The summed E-state index contributed by atoms with van der Waals surface area (Å²) in [5, 5.41) is 15.1. The summed E-state index contributed by atoms with van der Waals surface area (Å²) in [7, 11) is 0. The number of aliphatic hydroxyl groups excluding tert-OH is 1. The quantitative estimate of drug-likeness (QED) is 0.615. The first-order valence-electron chi connectivity index (χ1n) is 5.79. The van der Waals surface area contributed by atoms with Gasteiger partial charge in [0.15, 0.2) is 0 Å². The summed E-state index contributed by atoms with van der Waals surface area (Å²) in [6.45, 7) is 5.18. The van der Waals surface area contributed by atoms with Gasteiger partial charge in [-0.25, -0.2) is 0 Å². The van der Waals surface area contributed by atoms with Crippen LogP contribution < -0.4 is 10.6 Å². The number of carbonyl (C=O) groups excluding carboxylic acids is 1. The van der Waals surface area contributed by atoms with E-state index in [0.29, 0.717) is 12.3 Å². The van der Waals surface area contributed by atoms with E-state index in [-0.39, 0.29) is 24.6 Å². The third-order valence-corrected chi connectivity index (χ3v) is 2.95. The molecular weight excluding hydrogens is 192 g/mol. The molecule has 0 aliphatic carbocycles. The average molecular weight is 214 g/mol. The molecule has 1 heterocycles. The van der Waals surface area contributed by atoms with E-state index >= 15 is 0 Å². The van der Waals surface area contributed by atoms with Crippen molar-refractivity contribution in [3.05, 3.63) is 0 Å². The number of nitrogens with one attached hydrogen (secondary N) is 2. The van der Waals surface area contributed by atoms with Crippen LogP contribution in [-0.2, 0) is 4.79 Å². The Labute approximate surface area is 91.4 Å². The standard InChI is InChI=1S/C11H22N2O2/c1-8(2)9(5-7-14)13-11(15)10-4-3-6-12-10/h8-10,12,14H,3-7H2,1-2H3,(H,13,15). The highest BCUT2D eigenvalue weighted by molar-refractivity contribution is 5.82. The summed E-state index contributed by atoms with van der Waals surface area (Å²) in [5.41, 5.74) is 0. The number of aliphatic hydroxyl groups is 1. The summed E-state index contributed by atoms with van der Waals surface area (Å²) in [6, 6.07) is 0.0647. The van der Waals surface area contributed by atoms with E-state index in [4.69, 9.17) is 5.11 Å². The Bertz CT molecular complexity index is 201. The highest BCUT2D eigenvalue weighted by Gasteiger charge is 2.24. The Morgan fingerprint density at radius 3 is 2.80 bits per heavy atom. The maximum absolute atomic E-state index is 11.8. The van der Waals surface area contributed by atoms with E-state index in [9.17, 15) is 4.79 Å². The Morgan fingerprint density at radius 2 is 2.33 bits per heavy atom. The Morgan fingerprint density at radius 1 is 1.60 bits per heavy atom. The predicted octanol–water partition coefficient (Wildman–Crippen LogP) is 0.262. The molecule has 0 radical (unpaired) electrons. The van der Waals surface area contributed by atoms with Gasteiger partial charge < -0.3 is 15.7 Å². The first kappa shape index (κ1) is 12.5. The van der Waals surface area contributed by atoms with Crippen molar-refractivity contribution in [1.82, 2.24) is 10.6 Å². The second-order valence-corrected chi connectivity index (χ2v) is 4.52. The number of hydrogen-bond acceptors (Lipinski definition) is 3. The highest BCUT2D eigenvalue weighted by atomic mass is 16.3. The third-order valence-electron chi connectivity index (χ3n) is 2.95. The van der Waals surface area contributed by atoms with Crippen molar-refractivity contribution < 1.29 is 9.90 Å². The summed E-state index contributed by atoms with van der Waals surface area (Å²) < 4.78 is 0. The highest BCUT2D eigenvalue weighted by Crippen LogP contribution is 2.09. The molecule has 4 nitrogen and oxygen atoms in total. The molecule has 1 rings (SSSR count). The van der Waals surface area contributed by atoms with Crippen molar-refractivity contribution in [3.8, 4) is 0 Å². The molecule has 1 fully saturated rings. The van der Waals surface area contributed by atoms with Gasteiger partial charge in [-0.05, 0) is 31.7 Å². The van der Waals surface area contributed by atoms with Gasteiger partial charge in [-0.2, -0.15) is 0 Å². The normalized spacial score (nSPS) is 23.1. The van der Waals surface area contributed by atoms with Gasteiger partial charge in [0.25, 0.3) is 0 Å². The zero-order valence-electron chi connectivity index (χ0n) is 9.62. The molecule has 4 heteroatoms. The minimum atomic E-state index is -0.0232. The third kappa shape index (κ3) is 3.80. The SMILES string of the molecule is CC(C)C(CCO)NC(=O)C1CCCN1. The molecule has 0 saturated carbocycles. The molecule has 0 spiro atoms. The summed E-state index contributed by atoms with van der Waals surface area (Å²) >= 11 is 0. The van der Waals surface area contributed by atoms with Gasteiger partial charge in [-0.3, -0.25) is 4.79 Å². The number of carbonyl (C=O) groups is 1. The van der Waals surface area contributed by atoms with Crippen molar-refractivity contribution in [2.75, 3.05) is 13.2 Å². The number of amides is 1. The van der Waals surface area contributed by atoms with Crippen LogP contribution in [0.5, 0.6) is 0 Å². The van der Waals surface area contributed by atoms with Gasteiger partial charge in [0.1, 0.15) is 0 Å². The van der Waals surface area contributed by atoms with Gasteiger partial charge in [-0.15, -0.1) is 0 Å². The minimum absolute atomic E-state index is 0.0232. The molecule has 0 aromatic heterocycles. The van der Waals surface area contributed by atoms with Gasteiger partial charge in [0, 0.05) is 12.6 Å². The monoisotopic (exact) mass is 214 g/mol. The van der Waals surface area contributed by atoms with Gasteiger partial charge in [-0.1, -0.05) is 13.8 Å². The fraction of sp³-hybridized carbons (Fsp3) is 0.909. The van der Waals surface area contributed by atoms with Crippen molar-refractivity contribution in [1.29, 1.82) is 0 Å². The molecular formula is C11H22N2O2. The maximum Gasteiger partial charge on any atom is 0.237 e. The first-order valence-corrected chi connectivity index (χ1v) is 5.79. The second kappa shape index (κ2) is 6.08. The zero-order chi connectivity index (χ0) is 11.3. The summed E-state index contributed by atoms with van der Waals surface area (Å²) in [4.78, 5) is 11.8. The maximum atomic E-state index is 11.8. The Kier molecular flexibility index (Phi) is 5.05. The Hall–Kier alpha value is -0.610. The van der Waals surface area contributed by atoms with Crippen LogP contribution in [0, 0.1) is 5.92 Å². The lowest BCUT2D eigenvalue weighted by Gasteiger charge is -2.23. The lowest BCUT2D eigenvalue weighted by atomic mass is 10.0. The smallest absolute Gasteiger partial charge is 0.237 e. The fourth-order valence-corrected chi connectivity index (χ4v) is 1.90. The number of hydrogen-bond donors (Lipinski definition) is 3. The molecule has 0 aromatic rings. The molecule has 2 atom stereocenters. The van der Waals surface area contributed by atoms with Crippen LogP contribution in [0.2, 0.25) is 0 Å². The average Bonchev–Trinajstić information content (AvgIpc) is 2.69. The van der Waals surface area contributed by atoms with Crippen LogP contribution in [-0.4, -0.2) is 36.2 Å². The second-order valence-electron chi connectivity index (χ2n) is 4.52. The van der Waals surface area contributed by atoms with Crippen LogP contribution in [0.4, 0.5) is 0 Å². The van der Waals surface area contributed by atoms with E-state index in [0.717, 1.165) is 19.4 Å². The van der Waals surface area contributed by atoms with Gasteiger partial charge in [0.2, 0.25) is 5.91 Å². The van der Waals surface area contributed by atoms with Crippen molar-refractivity contribution in [2.24, 2.45) is 5.92 Å². The molecule has 15 heavy (non-hydrogen) atoms. The summed E-state index contributed by atoms with van der Waals surface area (Å²) in [6.07, 6.45) is 2.64. The van der Waals surface area contributed by atoms with Crippen molar-refractivity contribution >= 4 is 5.91 Å². The van der Waals surface area contributed by atoms with Crippen LogP contribution in [0.3, 0.4) is 0 Å². The largest absolute Gasteiger partial charge is 0.396 e. The molecule has 1 aliphatic heterocycles. The van der Waals surface area contributed by atoms with Crippen LogP contribution in [0.25, 0.3) is 0 Å². The minimum Gasteiger partial charge on any atom is -0.396 e. The lowest BCUT2D eigenvalue weighted by Crippen LogP contribution is -2.47. The van der Waals surface area contributed by atoms with Crippen LogP contribution in [0.15, 0.2) is 0 Å². The lowest BCUT2D eigenvalue weighted by molar-refractivity contribution is -0.123. The van der Waals surface area contributed by atoms with E-state index in [1.165, 1.54) is 0 Å². The van der Waals surface area contributed by atoms with Crippen molar-refractivity contribution in [3.63, 3.8) is 0 Å². The van der Waals surface area contributed by atoms with Gasteiger partial charge >= 0.3 is 0 Å². The fourth-order valence-electron chi connectivity index (χ4n) is 1.90. The molecule has 88 valence electrons. The zero-order valence-corrected chi connectivity index (χ0v) is 9.62. The van der Waals surface area contributed by atoms with Crippen molar-refractivity contribution in [2.45, 2.75) is 45.2 Å². The van der Waals surface area contributed by atoms with E-state index in [1.807, 2.05) is 0 Å². The van der Waals surface area contributed by atoms with Gasteiger partial charge in [0.05, 0.1) is 6.04 Å². The Balaban J connectivity index is 2.38. The van der Waals surface area contributed by atoms with E-state index < -0.39 is 0 Å². The topological polar surface area (TPSA) is 61.4 Å². The molecule has 1 amide bonds. The van der Waals surface area contributed by atoms with Crippen LogP contribution >= 0.6 is 0 Å². The number of rotatable bonds is 5. The van der Waals surface area contributed by atoms with E-state index in [2.05, 4.69) is 24.5 Å². The molecule has 0 bridgehead atoms. The summed E-state index contributed by atoms with van der Waals surface area (Å²) in [5.74, 6) is 0.446. The van der Waals surface area contributed by atoms with E-state index in [1.54, 1.807) is 0 Å².